The minimum Gasteiger partial charge on any atom is -0.364 e. The Kier molecular flexibility index (Phi) is 5.43. The van der Waals surface area contributed by atoms with Crippen molar-refractivity contribution in [2.24, 2.45) is 4.99 Å². The second kappa shape index (κ2) is 7.92. The fourth-order valence-corrected chi connectivity index (χ4v) is 2.81. The normalized spacial score (nSPS) is 16.4. The van der Waals surface area contributed by atoms with Gasteiger partial charge < -0.3 is 14.7 Å². The van der Waals surface area contributed by atoms with Crippen LogP contribution in [-0.4, -0.2) is 54.1 Å². The maximum absolute atomic E-state index is 13.7. The van der Waals surface area contributed by atoms with Crippen molar-refractivity contribution < 1.29 is 8.91 Å². The molecule has 1 saturated heterocycles. The molecule has 128 valence electrons. The first kappa shape index (κ1) is 16.4. The molecule has 1 aromatic heterocycles. The lowest BCUT2D eigenvalue weighted by Gasteiger charge is -2.36. The molecule has 0 aliphatic carbocycles. The molecule has 0 atom stereocenters. The first-order chi connectivity index (χ1) is 11.8. The molecule has 0 spiro atoms. The second-order valence-electron chi connectivity index (χ2n) is 5.75. The van der Waals surface area contributed by atoms with E-state index in [-0.39, 0.29) is 5.82 Å². The van der Waals surface area contributed by atoms with E-state index < -0.39 is 0 Å². The summed E-state index contributed by atoms with van der Waals surface area (Å²) in [6, 6.07) is 8.68. The Labute approximate surface area is 140 Å². The highest BCUT2D eigenvalue weighted by molar-refractivity contribution is 5.80. The Bertz CT molecular complexity index is 665. The Morgan fingerprint density at radius 2 is 2.04 bits per heavy atom. The van der Waals surface area contributed by atoms with Gasteiger partial charge in [0.25, 0.3) is 0 Å². The molecule has 2 heterocycles. The first-order valence-corrected chi connectivity index (χ1v) is 8.07. The summed E-state index contributed by atoms with van der Waals surface area (Å²) >= 11 is 0. The summed E-state index contributed by atoms with van der Waals surface area (Å²) in [5.41, 5.74) is 1.59. The first-order valence-electron chi connectivity index (χ1n) is 8.07. The number of benzene rings is 1. The fourth-order valence-electron chi connectivity index (χ4n) is 2.81. The Hall–Kier alpha value is -2.41. The summed E-state index contributed by atoms with van der Waals surface area (Å²) in [6.07, 6.45) is 1.60. The molecule has 0 bridgehead atoms. The van der Waals surface area contributed by atoms with E-state index in [1.165, 1.54) is 6.07 Å². The number of guanidine groups is 1. The van der Waals surface area contributed by atoms with Gasteiger partial charge >= 0.3 is 0 Å². The summed E-state index contributed by atoms with van der Waals surface area (Å²) < 4.78 is 18.6. The van der Waals surface area contributed by atoms with Crippen LogP contribution in [0.15, 0.2) is 46.1 Å². The Balaban J connectivity index is 1.49. The molecule has 0 radical (unpaired) electrons. The molecule has 6 nitrogen and oxygen atoms in total. The highest BCUT2D eigenvalue weighted by atomic mass is 19.1. The van der Waals surface area contributed by atoms with E-state index in [0.29, 0.717) is 12.1 Å². The van der Waals surface area contributed by atoms with Gasteiger partial charge in [0.2, 0.25) is 0 Å². The number of aliphatic imine (C=N–C) groups is 1. The van der Waals surface area contributed by atoms with Crippen molar-refractivity contribution in [2.45, 2.75) is 13.1 Å². The van der Waals surface area contributed by atoms with Gasteiger partial charge in [-0.3, -0.25) is 9.89 Å². The van der Waals surface area contributed by atoms with E-state index in [2.05, 4.69) is 25.3 Å². The van der Waals surface area contributed by atoms with Gasteiger partial charge in [-0.05, 0) is 6.07 Å². The van der Waals surface area contributed by atoms with Gasteiger partial charge in [-0.15, -0.1) is 0 Å². The van der Waals surface area contributed by atoms with Crippen LogP contribution < -0.4 is 5.32 Å². The fraction of sp³-hybridized carbons (Fsp3) is 0.412. The van der Waals surface area contributed by atoms with Crippen LogP contribution in [0.4, 0.5) is 4.39 Å². The number of hydrogen-bond acceptors (Lipinski definition) is 4. The van der Waals surface area contributed by atoms with Crippen molar-refractivity contribution in [3.63, 3.8) is 0 Å². The molecule has 1 aliphatic heterocycles. The largest absolute Gasteiger partial charge is 0.364 e. The van der Waals surface area contributed by atoms with Gasteiger partial charge in [0.1, 0.15) is 12.1 Å². The number of piperazine rings is 1. The maximum atomic E-state index is 13.7. The zero-order chi connectivity index (χ0) is 16.8. The monoisotopic (exact) mass is 331 g/mol. The number of nitrogens with zero attached hydrogens (tertiary/aromatic N) is 4. The van der Waals surface area contributed by atoms with Crippen LogP contribution in [0.25, 0.3) is 0 Å². The van der Waals surface area contributed by atoms with Crippen LogP contribution in [0.1, 0.15) is 11.3 Å². The van der Waals surface area contributed by atoms with Gasteiger partial charge in [0.15, 0.2) is 5.96 Å². The van der Waals surface area contributed by atoms with E-state index in [9.17, 15) is 4.39 Å². The third-order valence-electron chi connectivity index (χ3n) is 4.16. The van der Waals surface area contributed by atoms with Gasteiger partial charge in [0.05, 0.1) is 5.69 Å². The van der Waals surface area contributed by atoms with Gasteiger partial charge in [-0.2, -0.15) is 0 Å². The lowest BCUT2D eigenvalue weighted by atomic mass is 10.2. The van der Waals surface area contributed by atoms with Crippen molar-refractivity contribution in [1.82, 2.24) is 20.3 Å². The lowest BCUT2D eigenvalue weighted by Crippen LogP contribution is -2.52. The van der Waals surface area contributed by atoms with E-state index >= 15 is 0 Å². The summed E-state index contributed by atoms with van der Waals surface area (Å²) in [6.45, 7) is 4.81. The van der Waals surface area contributed by atoms with E-state index in [1.807, 2.05) is 12.1 Å². The highest BCUT2D eigenvalue weighted by Crippen LogP contribution is 2.09. The topological polar surface area (TPSA) is 56.9 Å². The maximum Gasteiger partial charge on any atom is 0.194 e. The molecule has 24 heavy (non-hydrogen) atoms. The smallest absolute Gasteiger partial charge is 0.194 e. The summed E-state index contributed by atoms with van der Waals surface area (Å²) in [4.78, 5) is 8.85. The summed E-state index contributed by atoms with van der Waals surface area (Å²) in [5, 5.41) is 7.20. The average Bonchev–Trinajstić information content (AvgIpc) is 3.11. The molecule has 7 heteroatoms. The molecular formula is C17H22FN5O. The van der Waals surface area contributed by atoms with Crippen molar-refractivity contribution in [3.8, 4) is 0 Å². The van der Waals surface area contributed by atoms with Crippen LogP contribution in [0.3, 0.4) is 0 Å². The highest BCUT2D eigenvalue weighted by Gasteiger charge is 2.20. The van der Waals surface area contributed by atoms with Crippen molar-refractivity contribution in [1.29, 1.82) is 0 Å². The molecule has 2 aromatic rings. The number of aromatic nitrogens is 1. The van der Waals surface area contributed by atoms with Gasteiger partial charge in [-0.1, -0.05) is 23.4 Å². The molecule has 1 aliphatic rings. The molecule has 0 unspecified atom stereocenters. The van der Waals surface area contributed by atoms with Crippen LogP contribution in [0.2, 0.25) is 0 Å². The summed E-state index contributed by atoms with van der Waals surface area (Å²) in [5.74, 6) is 0.609. The van der Waals surface area contributed by atoms with Crippen molar-refractivity contribution in [2.75, 3.05) is 33.2 Å². The second-order valence-corrected chi connectivity index (χ2v) is 5.75. The summed E-state index contributed by atoms with van der Waals surface area (Å²) in [7, 11) is 1.76. The zero-order valence-electron chi connectivity index (χ0n) is 13.8. The van der Waals surface area contributed by atoms with Gasteiger partial charge in [-0.25, -0.2) is 4.39 Å². The van der Waals surface area contributed by atoms with Crippen LogP contribution >= 0.6 is 0 Å². The Morgan fingerprint density at radius 1 is 1.25 bits per heavy atom. The standard InChI is InChI=1S/C17H22FN5O/c1-19-17(20-12-14-4-2-3-5-16(14)18)23-9-7-22(8-10-23)13-15-6-11-24-21-15/h2-6,11H,7-10,12-13H2,1H3,(H,19,20). The number of halogens is 1. The molecule has 1 fully saturated rings. The van der Waals surface area contributed by atoms with Crippen LogP contribution in [-0.2, 0) is 13.1 Å². The molecular weight excluding hydrogens is 309 g/mol. The Morgan fingerprint density at radius 3 is 2.71 bits per heavy atom. The number of rotatable bonds is 4. The van der Waals surface area contributed by atoms with Crippen LogP contribution in [0, 0.1) is 5.82 Å². The lowest BCUT2D eigenvalue weighted by molar-refractivity contribution is 0.169. The van der Waals surface area contributed by atoms with E-state index in [0.717, 1.165) is 44.4 Å². The van der Waals surface area contributed by atoms with E-state index in [4.69, 9.17) is 4.52 Å². The van der Waals surface area contributed by atoms with Crippen molar-refractivity contribution in [3.05, 3.63) is 53.7 Å². The predicted molar refractivity (Wildman–Crippen MR) is 90.0 cm³/mol. The molecule has 3 rings (SSSR count). The molecule has 1 aromatic carbocycles. The molecule has 0 saturated carbocycles. The third kappa shape index (κ3) is 4.11. The van der Waals surface area contributed by atoms with E-state index in [1.54, 1.807) is 25.4 Å². The average molecular weight is 331 g/mol. The number of nitrogens with one attached hydrogen (secondary N) is 1. The third-order valence-corrected chi connectivity index (χ3v) is 4.16. The molecule has 1 N–H and O–H groups in total. The van der Waals surface area contributed by atoms with Crippen LogP contribution in [0.5, 0.6) is 0 Å². The van der Waals surface area contributed by atoms with Gasteiger partial charge in [0, 0.05) is 57.9 Å². The quantitative estimate of drug-likeness (QED) is 0.683. The van der Waals surface area contributed by atoms with Crippen molar-refractivity contribution >= 4 is 5.96 Å². The minimum absolute atomic E-state index is 0.196. The SMILES string of the molecule is CN=C(NCc1ccccc1F)N1CCN(Cc2ccon2)CC1. The predicted octanol–water partition coefficient (Wildman–Crippen LogP) is 1.71. The number of hydrogen-bond donors (Lipinski definition) is 1. The zero-order valence-corrected chi connectivity index (χ0v) is 13.8. The minimum atomic E-state index is -0.196. The molecule has 0 amide bonds.